The SMILES string of the molecule is Cc1ccc(-c2[c-]ccc3c2oc2cc4sccc4cc23)nc1.Cc1ccc(-c2[c-]cccc2)nc1.[Ir]. The van der Waals surface area contributed by atoms with Gasteiger partial charge in [0.05, 0.1) is 5.58 Å². The van der Waals surface area contributed by atoms with Crippen molar-refractivity contribution < 1.29 is 24.5 Å². The fourth-order valence-electron chi connectivity index (χ4n) is 4.18. The number of nitrogens with zero attached hydrogens (tertiary/aromatic N) is 2. The van der Waals surface area contributed by atoms with Crippen LogP contribution in [0.25, 0.3) is 54.5 Å². The van der Waals surface area contributed by atoms with E-state index in [1.54, 1.807) is 11.3 Å². The van der Waals surface area contributed by atoms with Gasteiger partial charge in [-0.05, 0) is 65.3 Å². The molecule has 0 spiro atoms. The number of furan rings is 1. The molecule has 1 radical (unpaired) electrons. The van der Waals surface area contributed by atoms with E-state index in [1.807, 2.05) is 68.7 Å². The van der Waals surface area contributed by atoms with Crippen LogP contribution in [0.2, 0.25) is 0 Å². The van der Waals surface area contributed by atoms with Crippen LogP contribution in [-0.4, -0.2) is 9.97 Å². The van der Waals surface area contributed by atoms with Gasteiger partial charge in [-0.1, -0.05) is 35.2 Å². The second-order valence-corrected chi connectivity index (χ2v) is 9.67. The van der Waals surface area contributed by atoms with Gasteiger partial charge >= 0.3 is 0 Å². The fourth-order valence-corrected chi connectivity index (χ4v) is 4.98. The number of aromatic nitrogens is 2. The van der Waals surface area contributed by atoms with Gasteiger partial charge in [-0.2, -0.15) is 0 Å². The Labute approximate surface area is 233 Å². The topological polar surface area (TPSA) is 38.9 Å². The first kappa shape index (κ1) is 25.0. The third kappa shape index (κ3) is 5.12. The van der Waals surface area contributed by atoms with E-state index in [0.717, 1.165) is 50.0 Å². The molecule has 7 aromatic rings. The third-order valence-electron chi connectivity index (χ3n) is 6.07. The molecule has 5 heteroatoms. The smallest absolute Gasteiger partial charge is 0.122 e. The molecule has 0 aliphatic rings. The summed E-state index contributed by atoms with van der Waals surface area (Å²) >= 11 is 1.73. The number of hydrogen-bond acceptors (Lipinski definition) is 4. The van der Waals surface area contributed by atoms with Crippen LogP contribution in [0.15, 0.2) is 101 Å². The van der Waals surface area contributed by atoms with Gasteiger partial charge < -0.3 is 14.4 Å². The summed E-state index contributed by atoms with van der Waals surface area (Å²) in [6.45, 7) is 4.07. The molecular weight excluding hydrogens is 653 g/mol. The van der Waals surface area contributed by atoms with Gasteiger partial charge in [0.1, 0.15) is 5.58 Å². The van der Waals surface area contributed by atoms with Gasteiger partial charge in [0, 0.05) is 42.6 Å². The molecule has 0 atom stereocenters. The van der Waals surface area contributed by atoms with Crippen molar-refractivity contribution in [2.24, 2.45) is 0 Å². The van der Waals surface area contributed by atoms with Crippen molar-refractivity contribution in [1.82, 2.24) is 9.97 Å². The first-order valence-corrected chi connectivity index (χ1v) is 12.6. The number of benzene rings is 3. The molecule has 4 heterocycles. The summed E-state index contributed by atoms with van der Waals surface area (Å²) in [6.07, 6.45) is 3.75. The Kier molecular flexibility index (Phi) is 7.29. The number of thiophene rings is 1. The van der Waals surface area contributed by atoms with Crippen LogP contribution in [0.3, 0.4) is 0 Å². The van der Waals surface area contributed by atoms with E-state index < -0.39 is 0 Å². The molecule has 4 aromatic heterocycles. The maximum atomic E-state index is 6.18. The quantitative estimate of drug-likeness (QED) is 0.172. The predicted molar refractivity (Wildman–Crippen MR) is 149 cm³/mol. The Morgan fingerprint density at radius 1 is 0.757 bits per heavy atom. The van der Waals surface area contributed by atoms with Crippen LogP contribution in [-0.2, 0) is 20.1 Å². The van der Waals surface area contributed by atoms with Gasteiger partial charge in [-0.15, -0.1) is 65.4 Å². The van der Waals surface area contributed by atoms with Gasteiger partial charge in [-0.25, -0.2) is 0 Å². The number of rotatable bonds is 2. The molecule has 0 fully saturated rings. The fraction of sp³-hybridized carbons (Fsp3) is 0.0625. The minimum Gasteiger partial charge on any atom is -0.501 e. The molecule has 3 nitrogen and oxygen atoms in total. The summed E-state index contributed by atoms with van der Waals surface area (Å²) in [5, 5.41) is 5.63. The number of pyridine rings is 2. The Hall–Kier alpha value is -3.63. The minimum atomic E-state index is 0. The second kappa shape index (κ2) is 10.8. The standard InChI is InChI=1S/C20H12NOS.C12H10N.Ir/c1-12-5-6-17(21-11-12)15-4-2-3-14-16-9-13-7-8-23-19(13)10-18(16)22-20(14)15;1-10-7-8-12(13-9-10)11-5-3-2-4-6-11;/h2-3,5-11H,1H3;2-5,7-9H,1H3;/q2*-1;. The number of hydrogen-bond donors (Lipinski definition) is 0. The Morgan fingerprint density at radius 2 is 1.54 bits per heavy atom. The Balaban J connectivity index is 0.000000172. The molecule has 0 aliphatic heterocycles. The van der Waals surface area contributed by atoms with Crippen LogP contribution in [0.4, 0.5) is 0 Å². The molecule has 0 N–H and O–H groups in total. The molecule has 7 rings (SSSR count). The summed E-state index contributed by atoms with van der Waals surface area (Å²) in [5.74, 6) is 0. The summed E-state index contributed by atoms with van der Waals surface area (Å²) in [5.41, 5.74) is 7.93. The molecule has 0 bridgehead atoms. The first-order chi connectivity index (χ1) is 17.7. The van der Waals surface area contributed by atoms with Crippen molar-refractivity contribution >= 4 is 43.4 Å². The van der Waals surface area contributed by atoms with E-state index in [-0.39, 0.29) is 20.1 Å². The van der Waals surface area contributed by atoms with E-state index in [2.05, 4.69) is 63.9 Å². The van der Waals surface area contributed by atoms with Crippen LogP contribution in [0, 0.1) is 26.0 Å². The Morgan fingerprint density at radius 3 is 2.24 bits per heavy atom. The molecule has 3 aromatic carbocycles. The van der Waals surface area contributed by atoms with Crippen LogP contribution in [0.5, 0.6) is 0 Å². The normalized spacial score (nSPS) is 10.8. The number of fused-ring (bicyclic) bond motifs is 4. The largest absolute Gasteiger partial charge is 0.501 e. The molecule has 183 valence electrons. The van der Waals surface area contributed by atoms with E-state index >= 15 is 0 Å². The average molecular weight is 675 g/mol. The minimum absolute atomic E-state index is 0. The van der Waals surface area contributed by atoms with Gasteiger partial charge in [0.25, 0.3) is 0 Å². The van der Waals surface area contributed by atoms with Crippen LogP contribution in [0.1, 0.15) is 11.1 Å². The second-order valence-electron chi connectivity index (χ2n) is 8.72. The zero-order chi connectivity index (χ0) is 24.5. The first-order valence-electron chi connectivity index (χ1n) is 11.7. The van der Waals surface area contributed by atoms with Crippen molar-refractivity contribution in [3.8, 4) is 22.5 Å². The molecular formula is C32H22IrN2OS-2. The molecule has 37 heavy (non-hydrogen) atoms. The van der Waals surface area contributed by atoms with Crippen molar-refractivity contribution in [1.29, 1.82) is 0 Å². The third-order valence-corrected chi connectivity index (χ3v) is 6.95. The zero-order valence-electron chi connectivity index (χ0n) is 20.3. The molecule has 0 amide bonds. The van der Waals surface area contributed by atoms with E-state index in [9.17, 15) is 0 Å². The molecule has 0 aliphatic carbocycles. The molecule has 0 saturated heterocycles. The zero-order valence-corrected chi connectivity index (χ0v) is 23.5. The van der Waals surface area contributed by atoms with E-state index in [1.165, 1.54) is 15.6 Å². The summed E-state index contributed by atoms with van der Waals surface area (Å²) in [4.78, 5) is 8.84. The van der Waals surface area contributed by atoms with Crippen LogP contribution >= 0.6 is 11.3 Å². The number of aryl methyl sites for hydroxylation is 2. The summed E-state index contributed by atoms with van der Waals surface area (Å²) in [7, 11) is 0. The van der Waals surface area contributed by atoms with Crippen molar-refractivity contribution in [3.63, 3.8) is 0 Å². The van der Waals surface area contributed by atoms with Crippen molar-refractivity contribution in [2.45, 2.75) is 13.8 Å². The molecule has 0 unspecified atom stereocenters. The average Bonchev–Trinajstić information content (AvgIpc) is 3.53. The summed E-state index contributed by atoms with van der Waals surface area (Å²) in [6, 6.07) is 32.9. The van der Waals surface area contributed by atoms with E-state index in [4.69, 9.17) is 4.42 Å². The van der Waals surface area contributed by atoms with E-state index in [0.29, 0.717) is 0 Å². The predicted octanol–water partition coefficient (Wildman–Crippen LogP) is 8.83. The van der Waals surface area contributed by atoms with Crippen LogP contribution < -0.4 is 0 Å². The van der Waals surface area contributed by atoms with Gasteiger partial charge in [0.2, 0.25) is 0 Å². The monoisotopic (exact) mass is 675 g/mol. The van der Waals surface area contributed by atoms with Gasteiger partial charge in [-0.3, -0.25) is 0 Å². The van der Waals surface area contributed by atoms with Crippen molar-refractivity contribution in [2.75, 3.05) is 0 Å². The maximum absolute atomic E-state index is 6.18. The summed E-state index contributed by atoms with van der Waals surface area (Å²) < 4.78 is 7.43. The molecule has 0 saturated carbocycles. The maximum Gasteiger partial charge on any atom is 0.122 e. The Bertz CT molecular complexity index is 1790. The van der Waals surface area contributed by atoms with Crippen molar-refractivity contribution in [3.05, 3.63) is 120 Å². The van der Waals surface area contributed by atoms with Gasteiger partial charge in [0.15, 0.2) is 0 Å².